The van der Waals surface area contributed by atoms with Gasteiger partial charge in [0.05, 0.1) is 13.7 Å². The minimum absolute atomic E-state index is 0.237. The van der Waals surface area contributed by atoms with E-state index in [0.29, 0.717) is 52.1 Å². The van der Waals surface area contributed by atoms with Gasteiger partial charge in [-0.25, -0.2) is 0 Å². The molecule has 2 N–H and O–H groups in total. The van der Waals surface area contributed by atoms with Crippen LogP contribution in [0.5, 0.6) is 11.5 Å². The molecule has 172 valence electrons. The standard InChI is InChI=1S/C27H30N2O4/c1-18(2)15-16-33-24-14-13-20(17-25(24)32-4)26(30)29-23-12-8-11-22(19(23)3)27(31)28-21-9-6-5-7-10-21/h5-14,17-18H,15-16H2,1-4H3,(H,28,31)(H,29,30). The van der Waals surface area contributed by atoms with Gasteiger partial charge in [-0.15, -0.1) is 0 Å². The first-order valence-electron chi connectivity index (χ1n) is 11.0. The van der Waals surface area contributed by atoms with E-state index in [2.05, 4.69) is 24.5 Å². The zero-order chi connectivity index (χ0) is 23.8. The highest BCUT2D eigenvalue weighted by Gasteiger charge is 2.16. The van der Waals surface area contributed by atoms with Crippen LogP contribution in [0.25, 0.3) is 0 Å². The van der Waals surface area contributed by atoms with E-state index in [-0.39, 0.29) is 11.8 Å². The quantitative estimate of drug-likeness (QED) is 0.427. The molecule has 0 atom stereocenters. The van der Waals surface area contributed by atoms with Crippen LogP contribution in [0.15, 0.2) is 66.7 Å². The number of anilines is 2. The van der Waals surface area contributed by atoms with Gasteiger partial charge >= 0.3 is 0 Å². The highest BCUT2D eigenvalue weighted by Crippen LogP contribution is 2.29. The second kappa shape index (κ2) is 11.2. The van der Waals surface area contributed by atoms with Crippen molar-refractivity contribution in [3.05, 3.63) is 83.4 Å². The molecule has 0 unspecified atom stereocenters. The van der Waals surface area contributed by atoms with E-state index in [9.17, 15) is 9.59 Å². The fourth-order valence-electron chi connectivity index (χ4n) is 3.26. The van der Waals surface area contributed by atoms with Crippen LogP contribution >= 0.6 is 0 Å². The number of nitrogens with one attached hydrogen (secondary N) is 2. The number of carbonyl (C=O) groups excluding carboxylic acids is 2. The lowest BCUT2D eigenvalue weighted by Gasteiger charge is -2.15. The molecule has 33 heavy (non-hydrogen) atoms. The largest absolute Gasteiger partial charge is 0.493 e. The Kier molecular flexibility index (Phi) is 8.08. The van der Waals surface area contributed by atoms with Crippen molar-refractivity contribution in [2.75, 3.05) is 24.4 Å². The van der Waals surface area contributed by atoms with E-state index < -0.39 is 0 Å². The van der Waals surface area contributed by atoms with Crippen LogP contribution in [0.1, 0.15) is 46.5 Å². The summed E-state index contributed by atoms with van der Waals surface area (Å²) in [7, 11) is 1.55. The zero-order valence-electron chi connectivity index (χ0n) is 19.5. The average Bonchev–Trinajstić information content (AvgIpc) is 2.80. The molecule has 0 aromatic heterocycles. The molecule has 6 nitrogen and oxygen atoms in total. The number of rotatable bonds is 9. The number of hydrogen-bond acceptors (Lipinski definition) is 4. The summed E-state index contributed by atoms with van der Waals surface area (Å²) in [6.07, 6.45) is 0.929. The van der Waals surface area contributed by atoms with Crippen molar-refractivity contribution in [3.63, 3.8) is 0 Å². The Labute approximate surface area is 194 Å². The van der Waals surface area contributed by atoms with Crippen LogP contribution in [0.4, 0.5) is 11.4 Å². The summed E-state index contributed by atoms with van der Waals surface area (Å²) in [5, 5.41) is 5.77. The minimum Gasteiger partial charge on any atom is -0.493 e. The molecule has 0 bridgehead atoms. The molecule has 0 radical (unpaired) electrons. The smallest absolute Gasteiger partial charge is 0.256 e. The van der Waals surface area contributed by atoms with Crippen molar-refractivity contribution in [3.8, 4) is 11.5 Å². The Balaban J connectivity index is 1.73. The number of ether oxygens (including phenoxy) is 2. The number of benzene rings is 3. The lowest BCUT2D eigenvalue weighted by atomic mass is 10.1. The first kappa shape index (κ1) is 23.9. The molecule has 0 saturated carbocycles. The summed E-state index contributed by atoms with van der Waals surface area (Å²) in [6, 6.07) is 19.6. The van der Waals surface area contributed by atoms with Gasteiger partial charge in [0.15, 0.2) is 11.5 Å². The molecule has 0 aliphatic heterocycles. The van der Waals surface area contributed by atoms with Gasteiger partial charge in [0.1, 0.15) is 0 Å². The SMILES string of the molecule is COc1cc(C(=O)Nc2cccc(C(=O)Nc3ccccc3)c2C)ccc1OCCC(C)C. The van der Waals surface area contributed by atoms with E-state index in [1.54, 1.807) is 43.5 Å². The van der Waals surface area contributed by atoms with Crippen molar-refractivity contribution in [2.24, 2.45) is 5.92 Å². The Bertz CT molecular complexity index is 1110. The van der Waals surface area contributed by atoms with Gasteiger partial charge in [-0.1, -0.05) is 38.1 Å². The topological polar surface area (TPSA) is 76.7 Å². The molecule has 0 aliphatic carbocycles. The van der Waals surface area contributed by atoms with E-state index >= 15 is 0 Å². The molecular weight excluding hydrogens is 416 g/mol. The third-order valence-electron chi connectivity index (χ3n) is 5.24. The summed E-state index contributed by atoms with van der Waals surface area (Å²) in [4.78, 5) is 25.7. The second-order valence-corrected chi connectivity index (χ2v) is 8.15. The maximum Gasteiger partial charge on any atom is 0.256 e. The Morgan fingerprint density at radius 2 is 1.64 bits per heavy atom. The van der Waals surface area contributed by atoms with E-state index in [1.165, 1.54) is 0 Å². The molecule has 0 spiro atoms. The van der Waals surface area contributed by atoms with Crippen LogP contribution in [-0.2, 0) is 0 Å². The van der Waals surface area contributed by atoms with Crippen LogP contribution < -0.4 is 20.1 Å². The molecule has 0 fully saturated rings. The molecular formula is C27H30N2O4. The highest BCUT2D eigenvalue weighted by atomic mass is 16.5. The van der Waals surface area contributed by atoms with Crippen LogP contribution in [0, 0.1) is 12.8 Å². The summed E-state index contributed by atoms with van der Waals surface area (Å²) in [6.45, 7) is 6.66. The van der Waals surface area contributed by atoms with Gasteiger partial charge in [-0.05, 0) is 67.3 Å². The predicted molar refractivity (Wildman–Crippen MR) is 131 cm³/mol. The summed E-state index contributed by atoms with van der Waals surface area (Å²) in [5.74, 6) is 1.10. The van der Waals surface area contributed by atoms with Gasteiger partial charge in [-0.2, -0.15) is 0 Å². The van der Waals surface area contributed by atoms with Crippen LogP contribution in [0.2, 0.25) is 0 Å². The Morgan fingerprint density at radius 3 is 2.33 bits per heavy atom. The van der Waals surface area contributed by atoms with Crippen LogP contribution in [-0.4, -0.2) is 25.5 Å². The Hall–Kier alpha value is -3.80. The monoisotopic (exact) mass is 446 g/mol. The number of amides is 2. The summed E-state index contributed by atoms with van der Waals surface area (Å²) < 4.78 is 11.2. The molecule has 3 aromatic rings. The van der Waals surface area contributed by atoms with Gasteiger partial charge in [0, 0.05) is 22.5 Å². The molecule has 3 aromatic carbocycles. The van der Waals surface area contributed by atoms with Crippen molar-refractivity contribution >= 4 is 23.2 Å². The van der Waals surface area contributed by atoms with Crippen molar-refractivity contribution in [1.29, 1.82) is 0 Å². The third kappa shape index (κ3) is 6.35. The van der Waals surface area contributed by atoms with Gasteiger partial charge < -0.3 is 20.1 Å². The molecule has 6 heteroatoms. The minimum atomic E-state index is -0.300. The average molecular weight is 447 g/mol. The van der Waals surface area contributed by atoms with Gasteiger partial charge in [-0.3, -0.25) is 9.59 Å². The van der Waals surface area contributed by atoms with E-state index in [1.807, 2.05) is 37.3 Å². The van der Waals surface area contributed by atoms with Gasteiger partial charge in [0.2, 0.25) is 0 Å². The first-order chi connectivity index (χ1) is 15.9. The van der Waals surface area contributed by atoms with E-state index in [0.717, 1.165) is 6.42 Å². The fourth-order valence-corrected chi connectivity index (χ4v) is 3.26. The van der Waals surface area contributed by atoms with Crippen molar-refractivity contribution in [1.82, 2.24) is 0 Å². The molecule has 0 heterocycles. The number of carbonyl (C=O) groups is 2. The lowest BCUT2D eigenvalue weighted by molar-refractivity contribution is 0.101. The first-order valence-corrected chi connectivity index (χ1v) is 11.0. The number of para-hydroxylation sites is 1. The second-order valence-electron chi connectivity index (χ2n) is 8.15. The van der Waals surface area contributed by atoms with E-state index in [4.69, 9.17) is 9.47 Å². The lowest BCUT2D eigenvalue weighted by Crippen LogP contribution is -2.17. The maximum atomic E-state index is 12.9. The molecule has 3 rings (SSSR count). The van der Waals surface area contributed by atoms with Crippen molar-refractivity contribution < 1.29 is 19.1 Å². The molecule has 0 aliphatic rings. The highest BCUT2D eigenvalue weighted by molar-refractivity contribution is 6.09. The summed E-state index contributed by atoms with van der Waals surface area (Å²) >= 11 is 0. The number of hydrogen-bond donors (Lipinski definition) is 2. The number of methoxy groups -OCH3 is 1. The molecule has 2 amide bonds. The molecule has 0 saturated heterocycles. The maximum absolute atomic E-state index is 12.9. The third-order valence-corrected chi connectivity index (χ3v) is 5.24. The Morgan fingerprint density at radius 1 is 0.879 bits per heavy atom. The predicted octanol–water partition coefficient (Wildman–Crippen LogP) is 5.93. The normalized spacial score (nSPS) is 10.6. The summed E-state index contributed by atoms with van der Waals surface area (Å²) in [5.41, 5.74) is 2.88. The van der Waals surface area contributed by atoms with Crippen molar-refractivity contribution in [2.45, 2.75) is 27.2 Å². The zero-order valence-corrected chi connectivity index (χ0v) is 19.5. The fraction of sp³-hybridized carbons (Fsp3) is 0.259. The van der Waals surface area contributed by atoms with Crippen LogP contribution in [0.3, 0.4) is 0 Å². The van der Waals surface area contributed by atoms with Gasteiger partial charge in [0.25, 0.3) is 11.8 Å².